The second-order valence-corrected chi connectivity index (χ2v) is 4.00. The van der Waals surface area contributed by atoms with Gasteiger partial charge in [0.1, 0.15) is 0 Å². The first-order valence-electron chi connectivity index (χ1n) is 5.41. The van der Waals surface area contributed by atoms with Gasteiger partial charge in [-0.2, -0.15) is 0 Å². The fourth-order valence-corrected chi connectivity index (χ4v) is 2.24. The van der Waals surface area contributed by atoms with Gasteiger partial charge in [0.2, 0.25) is 0 Å². The molecule has 0 atom stereocenters. The summed E-state index contributed by atoms with van der Waals surface area (Å²) in [5, 5.41) is 13.1. The lowest BCUT2D eigenvalue weighted by Gasteiger charge is -2.06. The van der Waals surface area contributed by atoms with Gasteiger partial charge in [-0.25, -0.2) is 4.79 Å². The average Bonchev–Trinajstić information content (AvgIpc) is 2.37. The van der Waals surface area contributed by atoms with Crippen molar-refractivity contribution in [2.24, 2.45) is 0 Å². The van der Waals surface area contributed by atoms with Crippen LogP contribution in [0.5, 0.6) is 0 Å². The molecule has 0 radical (unpaired) electrons. The molecule has 0 aromatic heterocycles. The van der Waals surface area contributed by atoms with E-state index in [0.717, 1.165) is 21.5 Å². The third-order valence-electron chi connectivity index (χ3n) is 3.00. The smallest absolute Gasteiger partial charge is 0.336 e. The maximum Gasteiger partial charge on any atom is 0.336 e. The zero-order chi connectivity index (χ0) is 11.8. The van der Waals surface area contributed by atoms with Crippen LogP contribution in [0.15, 0.2) is 54.6 Å². The highest BCUT2D eigenvalue weighted by atomic mass is 16.4. The minimum Gasteiger partial charge on any atom is -0.478 e. The van der Waals surface area contributed by atoms with Gasteiger partial charge in [-0.15, -0.1) is 0 Å². The summed E-state index contributed by atoms with van der Waals surface area (Å²) in [6.07, 6.45) is 0. The first-order chi connectivity index (χ1) is 8.27. The van der Waals surface area contributed by atoms with E-state index < -0.39 is 5.97 Å². The average molecular weight is 222 g/mol. The van der Waals surface area contributed by atoms with Gasteiger partial charge in [0, 0.05) is 5.39 Å². The summed E-state index contributed by atoms with van der Waals surface area (Å²) in [6, 6.07) is 17.2. The van der Waals surface area contributed by atoms with Gasteiger partial charge in [0.05, 0.1) is 5.56 Å². The van der Waals surface area contributed by atoms with Crippen molar-refractivity contribution in [2.45, 2.75) is 0 Å². The Hall–Kier alpha value is -2.35. The number of hydrogen-bond donors (Lipinski definition) is 1. The Bertz CT molecular complexity index is 729. The molecule has 0 amide bonds. The van der Waals surface area contributed by atoms with Crippen molar-refractivity contribution >= 4 is 27.5 Å². The lowest BCUT2D eigenvalue weighted by atomic mass is 9.98. The third-order valence-corrected chi connectivity index (χ3v) is 3.00. The molecule has 2 heteroatoms. The Morgan fingerprint density at radius 3 is 2.35 bits per heavy atom. The zero-order valence-corrected chi connectivity index (χ0v) is 9.05. The van der Waals surface area contributed by atoms with Crippen LogP contribution in [0.3, 0.4) is 0 Å². The maximum absolute atomic E-state index is 11.3. The molecule has 0 heterocycles. The molecular weight excluding hydrogens is 212 g/mol. The molecule has 17 heavy (non-hydrogen) atoms. The van der Waals surface area contributed by atoms with E-state index in [2.05, 4.69) is 0 Å². The molecule has 0 bridgehead atoms. The van der Waals surface area contributed by atoms with Gasteiger partial charge >= 0.3 is 5.97 Å². The Labute approximate surface area is 98.1 Å². The maximum atomic E-state index is 11.3. The molecule has 0 saturated heterocycles. The summed E-state index contributed by atoms with van der Waals surface area (Å²) >= 11 is 0. The van der Waals surface area contributed by atoms with Crippen LogP contribution in [0.1, 0.15) is 10.4 Å². The minimum absolute atomic E-state index is 0.360. The molecule has 3 aromatic rings. The van der Waals surface area contributed by atoms with Crippen molar-refractivity contribution in [3.05, 3.63) is 60.2 Å². The molecule has 0 unspecified atom stereocenters. The molecule has 0 fully saturated rings. The van der Waals surface area contributed by atoms with Crippen molar-refractivity contribution in [3.8, 4) is 0 Å². The predicted octanol–water partition coefficient (Wildman–Crippen LogP) is 3.69. The van der Waals surface area contributed by atoms with E-state index in [0.29, 0.717) is 5.56 Å². The van der Waals surface area contributed by atoms with E-state index >= 15 is 0 Å². The largest absolute Gasteiger partial charge is 0.478 e. The first-order valence-corrected chi connectivity index (χ1v) is 5.41. The molecular formula is C15H10O2. The van der Waals surface area contributed by atoms with Crippen LogP contribution in [0.25, 0.3) is 21.5 Å². The number of carboxylic acids is 1. The van der Waals surface area contributed by atoms with Gasteiger partial charge in [-0.1, -0.05) is 48.5 Å². The number of carbonyl (C=O) groups is 1. The lowest BCUT2D eigenvalue weighted by molar-refractivity contribution is 0.0699. The molecule has 0 saturated carbocycles. The van der Waals surface area contributed by atoms with Crippen LogP contribution < -0.4 is 0 Å². The number of hydrogen-bond acceptors (Lipinski definition) is 1. The van der Waals surface area contributed by atoms with Crippen molar-refractivity contribution in [1.29, 1.82) is 0 Å². The van der Waals surface area contributed by atoms with Crippen LogP contribution in [0.2, 0.25) is 0 Å². The third kappa shape index (κ3) is 1.46. The van der Waals surface area contributed by atoms with Crippen LogP contribution in [-0.2, 0) is 0 Å². The number of aromatic carboxylic acids is 1. The Balaban J connectivity index is 2.59. The van der Waals surface area contributed by atoms with Crippen LogP contribution in [0, 0.1) is 0 Å². The summed E-state index contributed by atoms with van der Waals surface area (Å²) in [4.78, 5) is 11.3. The molecule has 0 spiro atoms. The van der Waals surface area contributed by atoms with E-state index in [1.165, 1.54) is 0 Å². The van der Waals surface area contributed by atoms with Crippen molar-refractivity contribution in [2.75, 3.05) is 0 Å². The molecule has 0 aliphatic heterocycles. The van der Waals surface area contributed by atoms with Crippen LogP contribution in [-0.4, -0.2) is 11.1 Å². The summed E-state index contributed by atoms with van der Waals surface area (Å²) in [6.45, 7) is 0. The summed E-state index contributed by atoms with van der Waals surface area (Å²) < 4.78 is 0. The Morgan fingerprint density at radius 2 is 1.53 bits per heavy atom. The Morgan fingerprint density at radius 1 is 0.824 bits per heavy atom. The number of carboxylic acid groups (broad SMARTS) is 1. The second-order valence-electron chi connectivity index (χ2n) is 4.00. The van der Waals surface area contributed by atoms with Gasteiger partial charge < -0.3 is 5.11 Å². The number of benzene rings is 3. The Kier molecular flexibility index (Phi) is 2.08. The van der Waals surface area contributed by atoms with Crippen LogP contribution in [0.4, 0.5) is 0 Å². The first kappa shape index (κ1) is 9.85. The highest BCUT2D eigenvalue weighted by Crippen LogP contribution is 2.28. The van der Waals surface area contributed by atoms with E-state index in [1.807, 2.05) is 42.5 Å². The van der Waals surface area contributed by atoms with Crippen molar-refractivity contribution in [3.63, 3.8) is 0 Å². The fourth-order valence-electron chi connectivity index (χ4n) is 2.24. The molecule has 3 aromatic carbocycles. The van der Waals surface area contributed by atoms with E-state index in [1.54, 1.807) is 12.1 Å². The highest BCUT2D eigenvalue weighted by molar-refractivity contribution is 6.16. The molecule has 2 nitrogen and oxygen atoms in total. The molecule has 0 aliphatic carbocycles. The lowest BCUT2D eigenvalue weighted by Crippen LogP contribution is -1.97. The predicted molar refractivity (Wildman–Crippen MR) is 68.4 cm³/mol. The normalized spacial score (nSPS) is 10.8. The van der Waals surface area contributed by atoms with Crippen molar-refractivity contribution < 1.29 is 9.90 Å². The minimum atomic E-state index is -0.882. The van der Waals surface area contributed by atoms with Gasteiger partial charge in [0.25, 0.3) is 0 Å². The number of rotatable bonds is 1. The fraction of sp³-hybridized carbons (Fsp3) is 0. The van der Waals surface area contributed by atoms with Gasteiger partial charge in [-0.3, -0.25) is 0 Å². The molecule has 82 valence electrons. The molecule has 3 rings (SSSR count). The van der Waals surface area contributed by atoms with E-state index in [4.69, 9.17) is 0 Å². The standard InChI is InChI=1S/C15H10O2/c16-15(17)13-7-3-5-11-9-8-10-4-1-2-6-12(10)14(11)13/h1-9H,(H,16,17). The SMILES string of the molecule is O=C(O)c1cccc2ccc3ccccc3c12. The number of fused-ring (bicyclic) bond motifs is 3. The van der Waals surface area contributed by atoms with Gasteiger partial charge in [-0.05, 0) is 22.2 Å². The molecule has 1 N–H and O–H groups in total. The second kappa shape index (κ2) is 3.59. The summed E-state index contributed by atoms with van der Waals surface area (Å²) in [5.74, 6) is -0.882. The van der Waals surface area contributed by atoms with Crippen LogP contribution >= 0.6 is 0 Å². The topological polar surface area (TPSA) is 37.3 Å². The molecule has 0 aliphatic rings. The quantitative estimate of drug-likeness (QED) is 0.637. The zero-order valence-electron chi connectivity index (χ0n) is 9.05. The highest BCUT2D eigenvalue weighted by Gasteiger charge is 2.10. The van der Waals surface area contributed by atoms with E-state index in [9.17, 15) is 9.90 Å². The monoisotopic (exact) mass is 222 g/mol. The van der Waals surface area contributed by atoms with Crippen molar-refractivity contribution in [1.82, 2.24) is 0 Å². The summed E-state index contributed by atoms with van der Waals surface area (Å²) in [7, 11) is 0. The summed E-state index contributed by atoms with van der Waals surface area (Å²) in [5.41, 5.74) is 0.360. The van der Waals surface area contributed by atoms with E-state index in [-0.39, 0.29) is 0 Å². The van der Waals surface area contributed by atoms with Gasteiger partial charge in [0.15, 0.2) is 0 Å².